The minimum atomic E-state index is -0.179. The van der Waals surface area contributed by atoms with Crippen molar-refractivity contribution in [2.45, 2.75) is 59.0 Å². The number of carbonyl (C=O) groups excluding carboxylic acids is 1. The van der Waals surface area contributed by atoms with E-state index in [1.807, 2.05) is 39.4 Å². The molecule has 0 saturated carbocycles. The normalized spacial score (nSPS) is 13.8. The van der Waals surface area contributed by atoms with Gasteiger partial charge in [-0.3, -0.25) is 4.68 Å². The third kappa shape index (κ3) is 5.04. The Hall–Kier alpha value is -1.56. The Morgan fingerprint density at radius 1 is 1.38 bits per heavy atom. The fourth-order valence-corrected chi connectivity index (χ4v) is 2.46. The summed E-state index contributed by atoms with van der Waals surface area (Å²) in [5.74, 6) is 0. The molecule has 3 N–H and O–H groups in total. The van der Waals surface area contributed by atoms with Crippen molar-refractivity contribution in [2.75, 3.05) is 6.61 Å². The summed E-state index contributed by atoms with van der Waals surface area (Å²) in [5.41, 5.74) is 3.33. The van der Waals surface area contributed by atoms with Crippen LogP contribution in [0.3, 0.4) is 0 Å². The number of nitrogens with zero attached hydrogens (tertiary/aromatic N) is 2. The fourth-order valence-electron chi connectivity index (χ4n) is 2.46. The molecule has 1 aromatic heterocycles. The predicted octanol–water partition coefficient (Wildman–Crippen LogP) is 1.43. The standard InChI is InChI=1S/C15H28N4O2/c1-6-13(7-8-20)17-15(21)16-10(2)9-14-11(3)18-19(5)12(14)4/h10,13,20H,6-9H2,1-5H3,(H2,16,17,21). The quantitative estimate of drug-likeness (QED) is 0.712. The lowest BCUT2D eigenvalue weighted by molar-refractivity contribution is 0.225. The van der Waals surface area contributed by atoms with E-state index in [1.165, 1.54) is 5.56 Å². The molecule has 2 unspecified atom stereocenters. The lowest BCUT2D eigenvalue weighted by atomic mass is 10.1. The van der Waals surface area contributed by atoms with E-state index in [-0.39, 0.29) is 24.7 Å². The molecule has 0 aliphatic rings. The van der Waals surface area contributed by atoms with E-state index < -0.39 is 0 Å². The highest BCUT2D eigenvalue weighted by atomic mass is 16.3. The van der Waals surface area contributed by atoms with Crippen LogP contribution >= 0.6 is 0 Å². The summed E-state index contributed by atoms with van der Waals surface area (Å²) in [6.45, 7) is 8.09. The number of carbonyl (C=O) groups is 1. The van der Waals surface area contributed by atoms with Gasteiger partial charge in [-0.05, 0) is 45.6 Å². The third-order valence-corrected chi connectivity index (χ3v) is 3.85. The molecule has 1 heterocycles. The number of amides is 2. The van der Waals surface area contributed by atoms with Crippen LogP contribution in [0.4, 0.5) is 4.79 Å². The summed E-state index contributed by atoms with van der Waals surface area (Å²) in [7, 11) is 1.93. The summed E-state index contributed by atoms with van der Waals surface area (Å²) in [4.78, 5) is 11.9. The molecule has 1 aromatic rings. The van der Waals surface area contributed by atoms with Gasteiger partial charge >= 0.3 is 6.03 Å². The SMILES string of the molecule is CCC(CCO)NC(=O)NC(C)Cc1c(C)nn(C)c1C. The number of aliphatic hydroxyl groups is 1. The Morgan fingerprint density at radius 3 is 2.52 bits per heavy atom. The second kappa shape index (κ2) is 8.02. The van der Waals surface area contributed by atoms with Crippen LogP contribution in [-0.2, 0) is 13.5 Å². The molecule has 120 valence electrons. The van der Waals surface area contributed by atoms with Gasteiger partial charge in [-0.2, -0.15) is 5.10 Å². The maximum absolute atomic E-state index is 11.9. The van der Waals surface area contributed by atoms with Crippen LogP contribution in [0.25, 0.3) is 0 Å². The Labute approximate surface area is 126 Å². The first kappa shape index (κ1) is 17.5. The van der Waals surface area contributed by atoms with E-state index in [4.69, 9.17) is 5.11 Å². The van der Waals surface area contributed by atoms with Crippen molar-refractivity contribution >= 4 is 6.03 Å². The lowest BCUT2D eigenvalue weighted by Gasteiger charge is -2.19. The molecule has 6 heteroatoms. The zero-order valence-electron chi connectivity index (χ0n) is 13.7. The zero-order valence-corrected chi connectivity index (χ0v) is 13.7. The van der Waals surface area contributed by atoms with Crippen molar-refractivity contribution < 1.29 is 9.90 Å². The first-order valence-corrected chi connectivity index (χ1v) is 7.55. The Kier molecular flexibility index (Phi) is 6.68. The van der Waals surface area contributed by atoms with Gasteiger partial charge in [0.05, 0.1) is 5.69 Å². The molecule has 0 saturated heterocycles. The summed E-state index contributed by atoms with van der Waals surface area (Å²) < 4.78 is 1.87. The van der Waals surface area contributed by atoms with Crippen molar-refractivity contribution in [1.82, 2.24) is 20.4 Å². The molecule has 0 bridgehead atoms. The largest absolute Gasteiger partial charge is 0.396 e. The summed E-state index contributed by atoms with van der Waals surface area (Å²) in [5, 5.41) is 19.2. The highest BCUT2D eigenvalue weighted by Crippen LogP contribution is 2.14. The van der Waals surface area contributed by atoms with Crippen LogP contribution in [0, 0.1) is 13.8 Å². The zero-order chi connectivity index (χ0) is 16.0. The summed E-state index contributed by atoms with van der Waals surface area (Å²) in [6.07, 6.45) is 2.15. The number of aliphatic hydroxyl groups excluding tert-OH is 1. The molecule has 1 rings (SSSR count). The Balaban J connectivity index is 2.53. The molecule has 0 aliphatic heterocycles. The monoisotopic (exact) mass is 296 g/mol. The molecular weight excluding hydrogens is 268 g/mol. The fraction of sp³-hybridized carbons (Fsp3) is 0.733. The van der Waals surface area contributed by atoms with Crippen LogP contribution in [-0.4, -0.2) is 39.6 Å². The van der Waals surface area contributed by atoms with Crippen LogP contribution in [0.5, 0.6) is 0 Å². The molecule has 2 atom stereocenters. The van der Waals surface area contributed by atoms with Crippen LogP contribution in [0.2, 0.25) is 0 Å². The molecule has 6 nitrogen and oxygen atoms in total. The van der Waals surface area contributed by atoms with Gasteiger partial charge in [0.15, 0.2) is 0 Å². The van der Waals surface area contributed by atoms with Crippen LogP contribution < -0.4 is 10.6 Å². The van der Waals surface area contributed by atoms with Gasteiger partial charge in [-0.1, -0.05) is 6.92 Å². The first-order chi connectivity index (χ1) is 9.88. The van der Waals surface area contributed by atoms with Gasteiger partial charge in [0, 0.05) is 31.4 Å². The number of hydrogen-bond acceptors (Lipinski definition) is 3. The number of aryl methyl sites for hydroxylation is 2. The van der Waals surface area contributed by atoms with Crippen LogP contribution in [0.15, 0.2) is 0 Å². The number of aromatic nitrogens is 2. The van der Waals surface area contributed by atoms with Crippen molar-refractivity contribution in [3.05, 3.63) is 17.0 Å². The Morgan fingerprint density at radius 2 is 2.05 bits per heavy atom. The molecule has 21 heavy (non-hydrogen) atoms. The van der Waals surface area contributed by atoms with Gasteiger partial charge in [-0.25, -0.2) is 4.79 Å². The Bertz CT molecular complexity index is 470. The maximum atomic E-state index is 11.9. The van der Waals surface area contributed by atoms with E-state index in [0.717, 1.165) is 24.2 Å². The van der Waals surface area contributed by atoms with Gasteiger partial charge in [0.25, 0.3) is 0 Å². The second-order valence-electron chi connectivity index (χ2n) is 5.61. The van der Waals surface area contributed by atoms with Crippen molar-refractivity contribution in [3.63, 3.8) is 0 Å². The summed E-state index contributed by atoms with van der Waals surface area (Å²) >= 11 is 0. The molecule has 2 amide bonds. The highest BCUT2D eigenvalue weighted by molar-refractivity contribution is 5.74. The smallest absolute Gasteiger partial charge is 0.315 e. The van der Waals surface area contributed by atoms with Gasteiger partial charge < -0.3 is 15.7 Å². The van der Waals surface area contributed by atoms with E-state index >= 15 is 0 Å². The minimum absolute atomic E-state index is 0.0177. The average molecular weight is 296 g/mol. The van der Waals surface area contributed by atoms with Crippen LogP contribution in [0.1, 0.15) is 43.6 Å². The maximum Gasteiger partial charge on any atom is 0.315 e. The van der Waals surface area contributed by atoms with Gasteiger partial charge in [0.1, 0.15) is 0 Å². The lowest BCUT2D eigenvalue weighted by Crippen LogP contribution is -2.46. The average Bonchev–Trinajstić information content (AvgIpc) is 2.64. The topological polar surface area (TPSA) is 79.2 Å². The van der Waals surface area contributed by atoms with Crippen molar-refractivity contribution in [2.24, 2.45) is 7.05 Å². The van der Waals surface area contributed by atoms with Gasteiger partial charge in [0.2, 0.25) is 0 Å². The third-order valence-electron chi connectivity index (χ3n) is 3.85. The van der Waals surface area contributed by atoms with E-state index in [2.05, 4.69) is 15.7 Å². The van der Waals surface area contributed by atoms with Crippen molar-refractivity contribution in [1.29, 1.82) is 0 Å². The first-order valence-electron chi connectivity index (χ1n) is 7.55. The number of nitrogens with one attached hydrogen (secondary N) is 2. The van der Waals surface area contributed by atoms with Crippen molar-refractivity contribution in [3.8, 4) is 0 Å². The minimum Gasteiger partial charge on any atom is -0.396 e. The number of hydrogen-bond donors (Lipinski definition) is 3. The molecule has 0 radical (unpaired) electrons. The summed E-state index contributed by atoms with van der Waals surface area (Å²) in [6, 6.07) is -0.135. The predicted molar refractivity (Wildman–Crippen MR) is 83.3 cm³/mol. The van der Waals surface area contributed by atoms with Gasteiger partial charge in [-0.15, -0.1) is 0 Å². The van der Waals surface area contributed by atoms with E-state index in [1.54, 1.807) is 0 Å². The highest BCUT2D eigenvalue weighted by Gasteiger charge is 2.16. The van der Waals surface area contributed by atoms with E-state index in [9.17, 15) is 4.79 Å². The molecule has 0 fully saturated rings. The second-order valence-corrected chi connectivity index (χ2v) is 5.61. The molecule has 0 spiro atoms. The molecular formula is C15H28N4O2. The number of rotatable bonds is 7. The number of urea groups is 1. The molecule has 0 aliphatic carbocycles. The molecule has 0 aromatic carbocycles. The van der Waals surface area contributed by atoms with E-state index in [0.29, 0.717) is 6.42 Å².